The molecule has 26 heavy (non-hydrogen) atoms. The standard InChI is InChI=1S/C21H43N3O2/c1-4-7-10-13-15-18-23-21(26)24(19-16-12-9-6-3)20(25)22-17-14-11-8-5-2/h4-19H2,1-3H3,(H,22,25)(H,23,26). The van der Waals surface area contributed by atoms with Crippen LogP contribution in [-0.2, 0) is 0 Å². The van der Waals surface area contributed by atoms with Gasteiger partial charge in [-0.1, -0.05) is 85.0 Å². The second-order valence-electron chi connectivity index (χ2n) is 7.15. The maximum absolute atomic E-state index is 12.4. The van der Waals surface area contributed by atoms with E-state index in [2.05, 4.69) is 31.4 Å². The van der Waals surface area contributed by atoms with Gasteiger partial charge in [-0.05, 0) is 19.3 Å². The molecule has 0 aromatic carbocycles. The van der Waals surface area contributed by atoms with Gasteiger partial charge in [0.25, 0.3) is 0 Å². The Hall–Kier alpha value is -1.26. The molecule has 0 saturated carbocycles. The average Bonchev–Trinajstić information content (AvgIpc) is 2.64. The van der Waals surface area contributed by atoms with Crippen LogP contribution in [0.1, 0.15) is 104 Å². The van der Waals surface area contributed by atoms with E-state index in [1.54, 1.807) is 0 Å². The van der Waals surface area contributed by atoms with E-state index in [-0.39, 0.29) is 12.1 Å². The minimum Gasteiger partial charge on any atom is -0.338 e. The van der Waals surface area contributed by atoms with Gasteiger partial charge in [0.2, 0.25) is 0 Å². The van der Waals surface area contributed by atoms with E-state index in [1.165, 1.54) is 37.0 Å². The van der Waals surface area contributed by atoms with Gasteiger partial charge in [0.15, 0.2) is 0 Å². The van der Waals surface area contributed by atoms with Crippen molar-refractivity contribution >= 4 is 12.1 Å². The van der Waals surface area contributed by atoms with Gasteiger partial charge >= 0.3 is 12.1 Å². The molecule has 5 heteroatoms. The topological polar surface area (TPSA) is 61.4 Å². The van der Waals surface area contributed by atoms with E-state index in [1.807, 2.05) is 0 Å². The minimum atomic E-state index is -0.249. The second kappa shape index (κ2) is 18.5. The number of urea groups is 2. The Bertz CT molecular complexity index is 348. The number of hydrogen-bond donors (Lipinski definition) is 2. The van der Waals surface area contributed by atoms with Gasteiger partial charge in [-0.2, -0.15) is 0 Å². The SMILES string of the molecule is CCCCCCCNC(=O)N(CCCCCC)C(=O)NCCCCCC. The summed E-state index contributed by atoms with van der Waals surface area (Å²) in [6, 6.07) is -0.496. The summed E-state index contributed by atoms with van der Waals surface area (Å²) in [4.78, 5) is 26.2. The molecule has 0 fully saturated rings. The summed E-state index contributed by atoms with van der Waals surface area (Å²) in [5.74, 6) is 0. The zero-order chi connectivity index (χ0) is 19.5. The molecule has 0 spiro atoms. The quantitative estimate of drug-likeness (QED) is 0.336. The molecule has 154 valence electrons. The predicted octanol–water partition coefficient (Wildman–Crippen LogP) is 5.84. The van der Waals surface area contributed by atoms with Crippen molar-refractivity contribution in [1.29, 1.82) is 0 Å². The van der Waals surface area contributed by atoms with Gasteiger partial charge in [0.1, 0.15) is 0 Å². The Labute approximate surface area is 161 Å². The molecule has 0 atom stereocenters. The summed E-state index contributed by atoms with van der Waals surface area (Å²) in [6.45, 7) is 8.32. The number of carbonyl (C=O) groups is 2. The minimum absolute atomic E-state index is 0.247. The largest absolute Gasteiger partial charge is 0.338 e. The number of nitrogens with one attached hydrogen (secondary N) is 2. The van der Waals surface area contributed by atoms with E-state index in [0.717, 1.165) is 51.4 Å². The number of rotatable bonds is 16. The van der Waals surface area contributed by atoms with Gasteiger partial charge in [0.05, 0.1) is 0 Å². The summed E-state index contributed by atoms with van der Waals surface area (Å²) in [6.07, 6.45) is 14.5. The third-order valence-corrected chi connectivity index (χ3v) is 4.59. The number of unbranched alkanes of at least 4 members (excludes halogenated alkanes) is 10. The number of imide groups is 1. The Morgan fingerprint density at radius 1 is 0.577 bits per heavy atom. The van der Waals surface area contributed by atoms with Crippen LogP contribution in [0, 0.1) is 0 Å². The summed E-state index contributed by atoms with van der Waals surface area (Å²) < 4.78 is 0. The molecule has 0 bridgehead atoms. The fourth-order valence-corrected chi connectivity index (χ4v) is 2.85. The van der Waals surface area contributed by atoms with Gasteiger partial charge in [-0.15, -0.1) is 0 Å². The third kappa shape index (κ3) is 14.0. The van der Waals surface area contributed by atoms with Gasteiger partial charge in [0, 0.05) is 19.6 Å². The lowest BCUT2D eigenvalue weighted by Gasteiger charge is -2.22. The van der Waals surface area contributed by atoms with Crippen LogP contribution in [0.3, 0.4) is 0 Å². The van der Waals surface area contributed by atoms with Crippen molar-refractivity contribution < 1.29 is 9.59 Å². The molecule has 0 saturated heterocycles. The molecule has 0 aromatic rings. The Kier molecular flexibility index (Phi) is 17.6. The monoisotopic (exact) mass is 369 g/mol. The van der Waals surface area contributed by atoms with E-state index in [0.29, 0.717) is 19.6 Å². The third-order valence-electron chi connectivity index (χ3n) is 4.59. The molecule has 0 aliphatic carbocycles. The molecule has 0 aliphatic heterocycles. The molecule has 0 aromatic heterocycles. The maximum Gasteiger partial charge on any atom is 0.325 e. The number of nitrogens with zero attached hydrogens (tertiary/aromatic N) is 1. The lowest BCUT2D eigenvalue weighted by molar-refractivity contribution is 0.184. The highest BCUT2D eigenvalue weighted by Crippen LogP contribution is 2.04. The molecule has 0 radical (unpaired) electrons. The van der Waals surface area contributed by atoms with Crippen LogP contribution in [-0.4, -0.2) is 36.6 Å². The first kappa shape index (κ1) is 24.7. The Balaban J connectivity index is 4.24. The van der Waals surface area contributed by atoms with Crippen molar-refractivity contribution in [2.75, 3.05) is 19.6 Å². The smallest absolute Gasteiger partial charge is 0.325 e. The van der Waals surface area contributed by atoms with Crippen LogP contribution in [0.2, 0.25) is 0 Å². The van der Waals surface area contributed by atoms with E-state index < -0.39 is 0 Å². The summed E-state index contributed by atoms with van der Waals surface area (Å²) in [7, 11) is 0. The normalized spacial score (nSPS) is 10.6. The molecular weight excluding hydrogens is 326 g/mol. The average molecular weight is 370 g/mol. The van der Waals surface area contributed by atoms with Crippen LogP contribution in [0.25, 0.3) is 0 Å². The first-order chi connectivity index (χ1) is 12.7. The van der Waals surface area contributed by atoms with E-state index in [4.69, 9.17) is 0 Å². The summed E-state index contributed by atoms with van der Waals surface area (Å²) in [5, 5.41) is 5.83. The zero-order valence-corrected chi connectivity index (χ0v) is 17.6. The zero-order valence-electron chi connectivity index (χ0n) is 17.6. The molecule has 0 heterocycles. The predicted molar refractivity (Wildman–Crippen MR) is 111 cm³/mol. The van der Waals surface area contributed by atoms with Gasteiger partial charge in [-0.25, -0.2) is 14.5 Å². The molecule has 4 amide bonds. The van der Waals surface area contributed by atoms with Gasteiger partial charge < -0.3 is 10.6 Å². The van der Waals surface area contributed by atoms with Crippen LogP contribution < -0.4 is 10.6 Å². The number of hydrogen-bond acceptors (Lipinski definition) is 2. The molecule has 2 N–H and O–H groups in total. The van der Waals surface area contributed by atoms with Crippen LogP contribution in [0.15, 0.2) is 0 Å². The summed E-state index contributed by atoms with van der Waals surface area (Å²) in [5.41, 5.74) is 0. The summed E-state index contributed by atoms with van der Waals surface area (Å²) >= 11 is 0. The van der Waals surface area contributed by atoms with Crippen molar-refractivity contribution in [3.63, 3.8) is 0 Å². The first-order valence-corrected chi connectivity index (χ1v) is 11.0. The Morgan fingerprint density at radius 2 is 0.962 bits per heavy atom. The van der Waals surface area contributed by atoms with Crippen molar-refractivity contribution in [3.05, 3.63) is 0 Å². The van der Waals surface area contributed by atoms with Crippen LogP contribution >= 0.6 is 0 Å². The lowest BCUT2D eigenvalue weighted by atomic mass is 10.1. The number of carbonyl (C=O) groups excluding carboxylic acids is 2. The highest BCUT2D eigenvalue weighted by molar-refractivity contribution is 5.93. The molecular formula is C21H43N3O2. The van der Waals surface area contributed by atoms with Gasteiger partial charge in [-0.3, -0.25) is 0 Å². The molecule has 5 nitrogen and oxygen atoms in total. The first-order valence-electron chi connectivity index (χ1n) is 11.0. The fraction of sp³-hybridized carbons (Fsp3) is 0.905. The number of amides is 4. The van der Waals surface area contributed by atoms with Crippen LogP contribution in [0.5, 0.6) is 0 Å². The van der Waals surface area contributed by atoms with Crippen molar-refractivity contribution in [2.24, 2.45) is 0 Å². The van der Waals surface area contributed by atoms with Crippen LogP contribution in [0.4, 0.5) is 9.59 Å². The fourth-order valence-electron chi connectivity index (χ4n) is 2.85. The van der Waals surface area contributed by atoms with Crippen molar-refractivity contribution in [3.8, 4) is 0 Å². The molecule has 0 aliphatic rings. The van der Waals surface area contributed by atoms with Crippen molar-refractivity contribution in [2.45, 2.75) is 104 Å². The Morgan fingerprint density at radius 3 is 1.42 bits per heavy atom. The molecule has 0 unspecified atom stereocenters. The van der Waals surface area contributed by atoms with Crippen molar-refractivity contribution in [1.82, 2.24) is 15.5 Å². The second-order valence-corrected chi connectivity index (χ2v) is 7.15. The highest BCUT2D eigenvalue weighted by atomic mass is 16.2. The maximum atomic E-state index is 12.4. The lowest BCUT2D eigenvalue weighted by Crippen LogP contribution is -2.49. The van der Waals surface area contributed by atoms with E-state index in [9.17, 15) is 9.59 Å². The molecule has 0 rings (SSSR count). The highest BCUT2D eigenvalue weighted by Gasteiger charge is 2.20. The van der Waals surface area contributed by atoms with E-state index >= 15 is 0 Å².